The molecule has 0 unspecified atom stereocenters. The average Bonchev–Trinajstić information content (AvgIpc) is 2.03. The Labute approximate surface area is 67.3 Å². The van der Waals surface area contributed by atoms with E-state index >= 15 is 0 Å². The Morgan fingerprint density at radius 2 is 1.45 bits per heavy atom. The zero-order valence-electron chi connectivity index (χ0n) is 6.73. The summed E-state index contributed by atoms with van der Waals surface area (Å²) in [7, 11) is 0. The molecule has 0 aromatic heterocycles. The van der Waals surface area contributed by atoms with Gasteiger partial charge in [-0.15, -0.1) is 0 Å². The van der Waals surface area contributed by atoms with Gasteiger partial charge in [-0.25, -0.2) is 0 Å². The van der Waals surface area contributed by atoms with Crippen molar-refractivity contribution in [2.24, 2.45) is 5.73 Å². The van der Waals surface area contributed by atoms with Crippen molar-refractivity contribution in [3.05, 3.63) is 5.21 Å². The first kappa shape index (κ1) is 10.8. The highest BCUT2D eigenvalue weighted by atomic mass is 16.5. The first-order chi connectivity index (χ1) is 5.41. The highest BCUT2D eigenvalue weighted by Gasteiger charge is 1.84. The molecule has 0 radical (unpaired) electrons. The topological polar surface area (TPSA) is 85.2 Å². The molecule has 0 atom stereocenters. The van der Waals surface area contributed by atoms with Crippen LogP contribution in [0.3, 0.4) is 0 Å². The van der Waals surface area contributed by atoms with Gasteiger partial charge in [0.15, 0.2) is 0 Å². The van der Waals surface area contributed by atoms with E-state index in [1.807, 2.05) is 5.48 Å². The molecule has 0 heterocycles. The summed E-state index contributed by atoms with van der Waals surface area (Å²) in [5, 5.41) is 15.9. The molecule has 0 bridgehead atoms. The van der Waals surface area contributed by atoms with E-state index in [2.05, 4.69) is 10.6 Å². The van der Waals surface area contributed by atoms with Crippen molar-refractivity contribution in [1.29, 1.82) is 0 Å². The van der Waals surface area contributed by atoms with Crippen LogP contribution in [0.15, 0.2) is 0 Å². The maximum atomic E-state index is 9.74. The fourth-order valence-electron chi connectivity index (χ4n) is 0.668. The van der Waals surface area contributed by atoms with Crippen LogP contribution in [-0.4, -0.2) is 39.3 Å². The molecule has 5 heteroatoms. The molecule has 0 saturated carbocycles. The summed E-state index contributed by atoms with van der Waals surface area (Å²) in [6, 6.07) is 0. The molecule has 0 rings (SSSR count). The third-order valence-electron chi connectivity index (χ3n) is 1.20. The average molecular weight is 161 g/mol. The highest BCUT2D eigenvalue weighted by molar-refractivity contribution is 4.54. The van der Waals surface area contributed by atoms with Crippen LogP contribution in [0.4, 0.5) is 0 Å². The molecule has 0 saturated heterocycles. The Morgan fingerprint density at radius 3 is 2.00 bits per heavy atom. The lowest BCUT2D eigenvalue weighted by atomic mass is 10.5. The third kappa shape index (κ3) is 9.80. The summed E-state index contributed by atoms with van der Waals surface area (Å²) in [6.07, 6.45) is 0. The van der Waals surface area contributed by atoms with Crippen LogP contribution in [-0.2, 0) is 0 Å². The van der Waals surface area contributed by atoms with Crippen LogP contribution in [0.1, 0.15) is 0 Å². The molecule has 0 aliphatic heterocycles. The van der Waals surface area contributed by atoms with Crippen LogP contribution in [0.5, 0.6) is 0 Å². The van der Waals surface area contributed by atoms with Gasteiger partial charge in [0, 0.05) is 32.7 Å². The number of hydroxylamine groups is 1. The SMILES string of the molecule is NCCNCCNCCN[O-]. The second-order valence-electron chi connectivity index (χ2n) is 2.18. The lowest BCUT2D eigenvalue weighted by molar-refractivity contribution is 0.607. The molecule has 11 heavy (non-hydrogen) atoms. The third-order valence-corrected chi connectivity index (χ3v) is 1.20. The van der Waals surface area contributed by atoms with Crippen molar-refractivity contribution in [3.8, 4) is 0 Å². The van der Waals surface area contributed by atoms with Gasteiger partial charge in [-0.05, 0) is 6.54 Å². The summed E-state index contributed by atoms with van der Waals surface area (Å²) < 4.78 is 0. The monoisotopic (exact) mass is 161 g/mol. The zero-order valence-corrected chi connectivity index (χ0v) is 6.73. The van der Waals surface area contributed by atoms with E-state index < -0.39 is 0 Å². The van der Waals surface area contributed by atoms with Crippen LogP contribution in [0, 0.1) is 5.21 Å². The fourth-order valence-corrected chi connectivity index (χ4v) is 0.668. The van der Waals surface area contributed by atoms with E-state index in [0.717, 1.165) is 19.6 Å². The molecule has 0 amide bonds. The lowest BCUT2D eigenvalue weighted by Crippen LogP contribution is -2.33. The number of hydrogen-bond acceptors (Lipinski definition) is 5. The minimum atomic E-state index is 0.469. The Hall–Kier alpha value is -0.200. The highest BCUT2D eigenvalue weighted by Crippen LogP contribution is 1.59. The summed E-state index contributed by atoms with van der Waals surface area (Å²) in [5.74, 6) is 0. The number of nitrogens with one attached hydrogen (secondary N) is 3. The smallest absolute Gasteiger partial charge is 0.00772 e. The van der Waals surface area contributed by atoms with E-state index in [4.69, 9.17) is 5.73 Å². The predicted octanol–water partition coefficient (Wildman–Crippen LogP) is -1.79. The van der Waals surface area contributed by atoms with Crippen molar-refractivity contribution in [2.45, 2.75) is 0 Å². The van der Waals surface area contributed by atoms with E-state index in [1.165, 1.54) is 0 Å². The van der Waals surface area contributed by atoms with Gasteiger partial charge in [-0.3, -0.25) is 0 Å². The zero-order chi connectivity index (χ0) is 8.36. The Balaban J connectivity index is 2.69. The summed E-state index contributed by atoms with van der Waals surface area (Å²) >= 11 is 0. The van der Waals surface area contributed by atoms with Gasteiger partial charge < -0.3 is 27.1 Å². The Morgan fingerprint density at radius 1 is 0.909 bits per heavy atom. The fraction of sp³-hybridized carbons (Fsp3) is 1.00. The van der Waals surface area contributed by atoms with Gasteiger partial charge in [0.1, 0.15) is 0 Å². The molecule has 0 aliphatic rings. The maximum Gasteiger partial charge on any atom is 0.00772 e. The van der Waals surface area contributed by atoms with Gasteiger partial charge in [0.2, 0.25) is 0 Å². The van der Waals surface area contributed by atoms with E-state index in [-0.39, 0.29) is 0 Å². The first-order valence-electron chi connectivity index (χ1n) is 3.88. The lowest BCUT2D eigenvalue weighted by Gasteiger charge is -2.08. The normalized spacial score (nSPS) is 10.4. The largest absolute Gasteiger partial charge is 0.788 e. The molecule has 0 fully saturated rings. The minimum absolute atomic E-state index is 0.469. The van der Waals surface area contributed by atoms with Gasteiger partial charge >= 0.3 is 0 Å². The first-order valence-corrected chi connectivity index (χ1v) is 3.88. The van der Waals surface area contributed by atoms with Crippen molar-refractivity contribution in [1.82, 2.24) is 16.1 Å². The molecule has 0 aliphatic carbocycles. The molecule has 5 nitrogen and oxygen atoms in total. The number of rotatable bonds is 8. The summed E-state index contributed by atoms with van der Waals surface area (Å²) in [4.78, 5) is 0. The van der Waals surface area contributed by atoms with Crippen molar-refractivity contribution < 1.29 is 0 Å². The van der Waals surface area contributed by atoms with Crippen LogP contribution >= 0.6 is 0 Å². The Kier molecular flexibility index (Phi) is 9.62. The minimum Gasteiger partial charge on any atom is -0.788 e. The van der Waals surface area contributed by atoms with Crippen LogP contribution in [0.2, 0.25) is 0 Å². The molecule has 68 valence electrons. The summed E-state index contributed by atoms with van der Waals surface area (Å²) in [5.41, 5.74) is 7.07. The molecule has 0 aromatic rings. The van der Waals surface area contributed by atoms with Gasteiger partial charge in [-0.1, -0.05) is 0 Å². The molecular weight excluding hydrogens is 144 g/mol. The van der Waals surface area contributed by atoms with Crippen molar-refractivity contribution in [3.63, 3.8) is 0 Å². The predicted molar refractivity (Wildman–Crippen MR) is 46.2 cm³/mol. The van der Waals surface area contributed by atoms with E-state index in [0.29, 0.717) is 19.6 Å². The van der Waals surface area contributed by atoms with Crippen LogP contribution in [0.25, 0.3) is 0 Å². The van der Waals surface area contributed by atoms with Crippen molar-refractivity contribution in [2.75, 3.05) is 39.3 Å². The molecule has 0 aromatic carbocycles. The second kappa shape index (κ2) is 9.80. The molecule has 5 N–H and O–H groups in total. The standard InChI is InChI=1S/C6H17N4O/c7-1-2-8-3-4-9-5-6-10-11/h8-10H,1-7H2/q-1. The van der Waals surface area contributed by atoms with E-state index in [9.17, 15) is 5.21 Å². The summed E-state index contributed by atoms with van der Waals surface area (Å²) in [6.45, 7) is 4.48. The molecule has 0 spiro atoms. The second-order valence-corrected chi connectivity index (χ2v) is 2.18. The number of nitrogens with two attached hydrogens (primary N) is 1. The van der Waals surface area contributed by atoms with Crippen LogP contribution < -0.4 is 21.8 Å². The van der Waals surface area contributed by atoms with E-state index in [1.54, 1.807) is 0 Å². The van der Waals surface area contributed by atoms with Gasteiger partial charge in [0.05, 0.1) is 0 Å². The molecular formula is C6H17N4O-. The maximum absolute atomic E-state index is 9.74. The quantitative estimate of drug-likeness (QED) is 0.250. The van der Waals surface area contributed by atoms with Crippen molar-refractivity contribution >= 4 is 0 Å². The Bertz CT molecular complexity index is 63.6. The van der Waals surface area contributed by atoms with Gasteiger partial charge in [-0.2, -0.15) is 0 Å². The number of hydrogen-bond donors (Lipinski definition) is 4. The van der Waals surface area contributed by atoms with Gasteiger partial charge in [0.25, 0.3) is 0 Å².